The smallest absolute Gasteiger partial charge is 0.349 e. The van der Waals surface area contributed by atoms with Crippen LogP contribution in [-0.4, -0.2) is 73.8 Å². The van der Waals surface area contributed by atoms with Crippen molar-refractivity contribution in [3.8, 4) is 0 Å². The van der Waals surface area contributed by atoms with E-state index in [0.29, 0.717) is 46.2 Å². The lowest BCUT2D eigenvalue weighted by atomic mass is 10.6. The van der Waals surface area contributed by atoms with Gasteiger partial charge in [-0.1, -0.05) is 0 Å². The maximum Gasteiger partial charge on any atom is 0.349 e. The second-order valence-corrected chi connectivity index (χ2v) is 4.87. The Balaban J connectivity index is 1.98. The van der Waals surface area contributed by atoms with Crippen LogP contribution in [0.2, 0.25) is 0 Å². The minimum atomic E-state index is -0.735. The molecule has 1 aliphatic rings. The first-order chi connectivity index (χ1) is 11.2. The van der Waals surface area contributed by atoms with E-state index in [1.807, 2.05) is 0 Å². The Hall–Kier alpha value is -1.46. The maximum absolute atomic E-state index is 12.0. The van der Waals surface area contributed by atoms with Gasteiger partial charge in [-0.2, -0.15) is 0 Å². The number of aromatic nitrogens is 3. The number of ether oxygens (including phenoxy) is 5. The Bertz CT molecular complexity index is 549. The van der Waals surface area contributed by atoms with Crippen molar-refractivity contribution in [3.63, 3.8) is 0 Å². The van der Waals surface area contributed by atoms with Crippen LogP contribution in [0.1, 0.15) is 6.23 Å². The number of hydrogen-bond acceptors (Lipinski definition) is 7. The molecule has 1 aliphatic heterocycles. The molecule has 0 spiro atoms. The van der Waals surface area contributed by atoms with Crippen molar-refractivity contribution in [1.29, 1.82) is 0 Å². The summed E-state index contributed by atoms with van der Waals surface area (Å²) >= 11 is 0. The zero-order valence-electron chi connectivity index (χ0n) is 13.2. The first-order valence-electron chi connectivity index (χ1n) is 7.50. The van der Waals surface area contributed by atoms with Crippen molar-refractivity contribution in [2.24, 2.45) is 7.05 Å². The normalized spacial score (nSPS) is 23.1. The monoisotopic (exact) mass is 333 g/mol. The summed E-state index contributed by atoms with van der Waals surface area (Å²) in [5.41, 5.74) is -1.00. The third-order valence-corrected chi connectivity index (χ3v) is 3.22. The van der Waals surface area contributed by atoms with Gasteiger partial charge in [-0.25, -0.2) is 23.9 Å². The van der Waals surface area contributed by atoms with Crippen LogP contribution in [0.15, 0.2) is 9.59 Å². The Morgan fingerprint density at radius 1 is 0.870 bits per heavy atom. The lowest BCUT2D eigenvalue weighted by molar-refractivity contribution is -0.0860. The van der Waals surface area contributed by atoms with Crippen LogP contribution in [0.5, 0.6) is 0 Å². The maximum atomic E-state index is 12.0. The molecular formula is C13H23N3O7. The Morgan fingerprint density at radius 2 is 1.39 bits per heavy atom. The van der Waals surface area contributed by atoms with Crippen LogP contribution >= 0.6 is 0 Å². The second-order valence-electron chi connectivity index (χ2n) is 4.87. The van der Waals surface area contributed by atoms with Gasteiger partial charge in [-0.15, -0.1) is 0 Å². The van der Waals surface area contributed by atoms with Crippen molar-refractivity contribution in [3.05, 3.63) is 21.0 Å². The summed E-state index contributed by atoms with van der Waals surface area (Å²) in [6.45, 7) is 3.39. The van der Waals surface area contributed by atoms with Gasteiger partial charge in [0.2, 0.25) is 0 Å². The van der Waals surface area contributed by atoms with E-state index in [1.54, 1.807) is 0 Å². The van der Waals surface area contributed by atoms with E-state index in [4.69, 9.17) is 23.7 Å². The number of hydrogen-bond donors (Lipinski definition) is 1. The minimum Gasteiger partial charge on any atom is -0.377 e. The van der Waals surface area contributed by atoms with Gasteiger partial charge in [0.15, 0.2) is 6.23 Å². The van der Waals surface area contributed by atoms with E-state index in [9.17, 15) is 9.59 Å². The van der Waals surface area contributed by atoms with Crippen molar-refractivity contribution >= 4 is 0 Å². The van der Waals surface area contributed by atoms with Crippen molar-refractivity contribution < 1.29 is 23.7 Å². The van der Waals surface area contributed by atoms with Gasteiger partial charge in [0, 0.05) is 7.05 Å². The topological polar surface area (TPSA) is 106 Å². The molecule has 132 valence electrons. The zero-order valence-corrected chi connectivity index (χ0v) is 13.2. The Morgan fingerprint density at radius 3 is 1.91 bits per heavy atom. The van der Waals surface area contributed by atoms with Crippen LogP contribution < -0.4 is 11.4 Å². The Kier molecular flexibility index (Phi) is 7.49. The predicted molar refractivity (Wildman–Crippen MR) is 78.6 cm³/mol. The van der Waals surface area contributed by atoms with Gasteiger partial charge < -0.3 is 23.7 Å². The highest BCUT2D eigenvalue weighted by Gasteiger charge is 2.17. The minimum absolute atomic E-state index is 0.111. The molecule has 1 aromatic heterocycles. The van der Waals surface area contributed by atoms with E-state index in [-0.39, 0.29) is 13.2 Å². The molecule has 0 aliphatic carbocycles. The summed E-state index contributed by atoms with van der Waals surface area (Å²) < 4.78 is 29.1. The fourth-order valence-corrected chi connectivity index (χ4v) is 1.95. The van der Waals surface area contributed by atoms with Gasteiger partial charge in [0.1, 0.15) is 0 Å². The molecule has 0 saturated carbocycles. The van der Waals surface area contributed by atoms with E-state index in [0.717, 1.165) is 9.25 Å². The first kappa shape index (κ1) is 17.9. The molecule has 1 fully saturated rings. The predicted octanol–water partition coefficient (Wildman–Crippen LogP) is -1.53. The summed E-state index contributed by atoms with van der Waals surface area (Å²) in [6, 6.07) is 0. The number of H-pyrrole nitrogens is 1. The van der Waals surface area contributed by atoms with Crippen LogP contribution in [-0.2, 0) is 30.7 Å². The van der Waals surface area contributed by atoms with Crippen LogP contribution in [0.25, 0.3) is 0 Å². The highest BCUT2D eigenvalue weighted by molar-refractivity contribution is 4.70. The van der Waals surface area contributed by atoms with Gasteiger partial charge >= 0.3 is 11.4 Å². The zero-order chi connectivity index (χ0) is 16.5. The lowest BCUT2D eigenvalue weighted by Gasteiger charge is -2.18. The van der Waals surface area contributed by atoms with Gasteiger partial charge in [0.25, 0.3) is 0 Å². The SMILES string of the molecule is Cn1c(=O)[nH]n([C@H]2COCCOCCOCCOCCO2)c1=O. The lowest BCUT2D eigenvalue weighted by Crippen LogP contribution is -2.32. The van der Waals surface area contributed by atoms with E-state index in [1.165, 1.54) is 7.05 Å². The van der Waals surface area contributed by atoms with Crippen molar-refractivity contribution in [2.45, 2.75) is 6.23 Å². The van der Waals surface area contributed by atoms with Crippen molar-refractivity contribution in [1.82, 2.24) is 14.3 Å². The largest absolute Gasteiger partial charge is 0.377 e. The molecule has 2 rings (SSSR count). The summed E-state index contributed by atoms with van der Waals surface area (Å²) in [5.74, 6) is 0. The highest BCUT2D eigenvalue weighted by atomic mass is 16.6. The number of rotatable bonds is 1. The van der Waals surface area contributed by atoms with E-state index < -0.39 is 17.6 Å². The summed E-state index contributed by atoms with van der Waals surface area (Å²) in [4.78, 5) is 23.5. The summed E-state index contributed by atoms with van der Waals surface area (Å²) in [6.07, 6.45) is -0.735. The molecule has 0 amide bonds. The highest BCUT2D eigenvalue weighted by Crippen LogP contribution is 2.04. The molecule has 23 heavy (non-hydrogen) atoms. The van der Waals surface area contributed by atoms with E-state index >= 15 is 0 Å². The quantitative estimate of drug-likeness (QED) is 0.664. The molecule has 0 unspecified atom stereocenters. The number of nitrogens with one attached hydrogen (secondary N) is 1. The second kappa shape index (κ2) is 9.63. The van der Waals surface area contributed by atoms with Gasteiger partial charge in [-0.3, -0.25) is 0 Å². The third-order valence-electron chi connectivity index (χ3n) is 3.22. The average molecular weight is 333 g/mol. The molecule has 10 nitrogen and oxygen atoms in total. The molecule has 1 saturated heterocycles. The third kappa shape index (κ3) is 5.59. The van der Waals surface area contributed by atoms with Crippen LogP contribution in [0.3, 0.4) is 0 Å². The van der Waals surface area contributed by atoms with E-state index in [2.05, 4.69) is 5.10 Å². The Labute approximate surface area is 132 Å². The molecule has 1 N–H and O–H groups in total. The first-order valence-corrected chi connectivity index (χ1v) is 7.50. The molecular weight excluding hydrogens is 310 g/mol. The number of nitrogens with zero attached hydrogens (tertiary/aromatic N) is 2. The summed E-state index contributed by atoms with van der Waals surface area (Å²) in [7, 11) is 1.39. The van der Waals surface area contributed by atoms with Crippen LogP contribution in [0.4, 0.5) is 0 Å². The van der Waals surface area contributed by atoms with Gasteiger partial charge in [0.05, 0.1) is 59.5 Å². The summed E-state index contributed by atoms with van der Waals surface area (Å²) in [5, 5.41) is 2.44. The fourth-order valence-electron chi connectivity index (χ4n) is 1.95. The standard InChI is InChI=1S/C13H23N3O7/c1-15-12(17)14-16(13(15)18)11-10-22-7-6-20-3-2-19-4-5-21-8-9-23-11/h11H,2-10H2,1H3,(H,14,17)/t11-/m1/s1. The van der Waals surface area contributed by atoms with Crippen molar-refractivity contribution in [2.75, 3.05) is 59.5 Å². The molecule has 1 aromatic rings. The molecule has 2 heterocycles. The van der Waals surface area contributed by atoms with Crippen LogP contribution in [0, 0.1) is 0 Å². The molecule has 0 bridgehead atoms. The fraction of sp³-hybridized carbons (Fsp3) is 0.846. The molecule has 0 aromatic carbocycles. The molecule has 1 atom stereocenters. The van der Waals surface area contributed by atoms with Gasteiger partial charge in [-0.05, 0) is 0 Å². The average Bonchev–Trinajstić information content (AvgIpc) is 2.79. The molecule has 10 heteroatoms. The number of aromatic amines is 1. The molecule has 0 radical (unpaired) electrons.